The molecule has 72 valence electrons. The summed E-state index contributed by atoms with van der Waals surface area (Å²) >= 11 is 0. The fourth-order valence-electron chi connectivity index (χ4n) is 1.21. The van der Waals surface area contributed by atoms with Crippen molar-refractivity contribution in [2.45, 2.75) is 6.92 Å². The van der Waals surface area contributed by atoms with Crippen LogP contribution in [0.15, 0.2) is 43.8 Å². The van der Waals surface area contributed by atoms with Crippen LogP contribution >= 0.6 is 0 Å². The van der Waals surface area contributed by atoms with Crippen molar-refractivity contribution in [3.63, 3.8) is 0 Å². The Morgan fingerprint density at radius 2 is 2.14 bits per heavy atom. The second-order valence-electron chi connectivity index (χ2n) is 2.64. The zero-order valence-corrected chi connectivity index (χ0v) is 8.10. The molecule has 2 rings (SSSR count). The molecule has 0 fully saturated rings. The normalized spacial score (nSPS) is 9.21. The molecule has 0 saturated carbocycles. The largest absolute Gasteiger partial charge is 0.294 e. The van der Waals surface area contributed by atoms with E-state index in [4.69, 9.17) is 0 Å². The number of ketones is 1. The SMILES string of the molecule is C=C.CC(=O)c1cnn2ccccc12. The highest BCUT2D eigenvalue weighted by Gasteiger charge is 2.05. The number of carbonyl (C=O) groups excluding carboxylic acids is 1. The highest BCUT2D eigenvalue weighted by molar-refractivity contribution is 6.00. The lowest BCUT2D eigenvalue weighted by Gasteiger charge is -1.91. The standard InChI is InChI=1S/C9H8N2O.C2H4/c1-7(12)8-6-10-11-5-3-2-4-9(8)11;1-2/h2-6H,1H3;1-2H2. The number of nitrogens with zero attached hydrogens (tertiary/aromatic N) is 2. The zero-order valence-electron chi connectivity index (χ0n) is 8.10. The Hall–Kier alpha value is -1.90. The molecule has 0 radical (unpaired) electrons. The summed E-state index contributed by atoms with van der Waals surface area (Å²) in [5.74, 6) is 0.0520. The fraction of sp³-hybridized carbons (Fsp3) is 0.0909. The molecular weight excluding hydrogens is 176 g/mol. The molecule has 2 aromatic heterocycles. The van der Waals surface area contributed by atoms with Crippen molar-refractivity contribution in [3.05, 3.63) is 49.3 Å². The van der Waals surface area contributed by atoms with Gasteiger partial charge in [-0.25, -0.2) is 4.52 Å². The van der Waals surface area contributed by atoms with E-state index in [9.17, 15) is 4.79 Å². The highest BCUT2D eigenvalue weighted by Crippen LogP contribution is 2.09. The van der Waals surface area contributed by atoms with Crippen LogP contribution < -0.4 is 0 Å². The molecule has 3 heteroatoms. The summed E-state index contributed by atoms with van der Waals surface area (Å²) in [6.45, 7) is 7.55. The molecule has 0 saturated heterocycles. The molecule has 2 aromatic rings. The maximum absolute atomic E-state index is 11.1. The minimum Gasteiger partial charge on any atom is -0.294 e. The molecule has 0 amide bonds. The lowest BCUT2D eigenvalue weighted by molar-refractivity contribution is 0.101. The van der Waals surface area contributed by atoms with Gasteiger partial charge in [0, 0.05) is 6.20 Å². The van der Waals surface area contributed by atoms with Crippen LogP contribution in [0, 0.1) is 0 Å². The first-order valence-electron chi connectivity index (χ1n) is 4.22. The van der Waals surface area contributed by atoms with Gasteiger partial charge in [-0.2, -0.15) is 5.10 Å². The summed E-state index contributed by atoms with van der Waals surface area (Å²) in [6.07, 6.45) is 3.42. The number of hydrogen-bond donors (Lipinski definition) is 0. The van der Waals surface area contributed by atoms with E-state index in [-0.39, 0.29) is 5.78 Å². The van der Waals surface area contributed by atoms with Crippen LogP contribution in [0.1, 0.15) is 17.3 Å². The Balaban J connectivity index is 0.000000461. The maximum atomic E-state index is 11.1. The molecule has 14 heavy (non-hydrogen) atoms. The van der Waals surface area contributed by atoms with Crippen LogP contribution in [0.3, 0.4) is 0 Å². The minimum absolute atomic E-state index is 0.0520. The predicted molar refractivity (Wildman–Crippen MR) is 56.5 cm³/mol. The molecule has 3 nitrogen and oxygen atoms in total. The first-order valence-corrected chi connectivity index (χ1v) is 4.22. The molecular formula is C11H12N2O. The molecule has 2 heterocycles. The van der Waals surface area contributed by atoms with E-state index in [1.54, 1.807) is 17.6 Å². The number of fused-ring (bicyclic) bond motifs is 1. The number of aromatic nitrogens is 2. The maximum Gasteiger partial charge on any atom is 0.163 e. The highest BCUT2D eigenvalue weighted by atomic mass is 16.1. The number of Topliss-reactive ketones (excluding diaryl/α,β-unsaturated/α-hetero) is 1. The molecule has 0 aromatic carbocycles. The van der Waals surface area contributed by atoms with Gasteiger partial charge < -0.3 is 0 Å². The minimum atomic E-state index is 0.0520. The van der Waals surface area contributed by atoms with Gasteiger partial charge in [0.2, 0.25) is 0 Å². The van der Waals surface area contributed by atoms with E-state index in [0.29, 0.717) is 5.56 Å². The first-order chi connectivity index (χ1) is 6.79. The van der Waals surface area contributed by atoms with Gasteiger partial charge in [0.1, 0.15) is 0 Å². The first kappa shape index (κ1) is 10.2. The van der Waals surface area contributed by atoms with Gasteiger partial charge in [0.05, 0.1) is 17.3 Å². The van der Waals surface area contributed by atoms with Crippen molar-refractivity contribution in [2.24, 2.45) is 0 Å². The van der Waals surface area contributed by atoms with Gasteiger partial charge in [-0.15, -0.1) is 13.2 Å². The van der Waals surface area contributed by atoms with Crippen LogP contribution in [-0.2, 0) is 0 Å². The van der Waals surface area contributed by atoms with Crippen molar-refractivity contribution in [1.29, 1.82) is 0 Å². The molecule has 0 unspecified atom stereocenters. The average molecular weight is 188 g/mol. The van der Waals surface area contributed by atoms with Gasteiger partial charge in [0.15, 0.2) is 5.78 Å². The van der Waals surface area contributed by atoms with Crippen molar-refractivity contribution in [1.82, 2.24) is 9.61 Å². The van der Waals surface area contributed by atoms with Crippen LogP contribution in [0.25, 0.3) is 5.52 Å². The second-order valence-corrected chi connectivity index (χ2v) is 2.64. The number of carbonyl (C=O) groups is 1. The van der Waals surface area contributed by atoms with Crippen LogP contribution in [-0.4, -0.2) is 15.4 Å². The molecule has 0 aliphatic rings. The predicted octanol–water partition coefficient (Wildman–Crippen LogP) is 2.34. The third-order valence-corrected chi connectivity index (χ3v) is 1.81. The third kappa shape index (κ3) is 1.71. The van der Waals surface area contributed by atoms with Crippen molar-refractivity contribution in [3.8, 4) is 0 Å². The molecule has 0 aliphatic carbocycles. The van der Waals surface area contributed by atoms with Crippen molar-refractivity contribution in [2.75, 3.05) is 0 Å². The lowest BCUT2D eigenvalue weighted by Crippen LogP contribution is -1.90. The van der Waals surface area contributed by atoms with Gasteiger partial charge in [0.25, 0.3) is 0 Å². The summed E-state index contributed by atoms with van der Waals surface area (Å²) in [5, 5.41) is 4.04. The molecule has 0 spiro atoms. The van der Waals surface area contributed by atoms with Crippen molar-refractivity contribution < 1.29 is 4.79 Å². The average Bonchev–Trinajstić information content (AvgIpc) is 2.64. The molecule has 0 aliphatic heterocycles. The Labute approximate surface area is 82.7 Å². The van der Waals surface area contributed by atoms with Gasteiger partial charge >= 0.3 is 0 Å². The van der Waals surface area contributed by atoms with E-state index in [0.717, 1.165) is 5.52 Å². The summed E-state index contributed by atoms with van der Waals surface area (Å²) in [5.41, 5.74) is 1.54. The molecule has 0 bridgehead atoms. The Morgan fingerprint density at radius 1 is 1.43 bits per heavy atom. The smallest absolute Gasteiger partial charge is 0.163 e. The second kappa shape index (κ2) is 4.37. The third-order valence-electron chi connectivity index (χ3n) is 1.81. The van der Waals surface area contributed by atoms with Crippen LogP contribution in [0.5, 0.6) is 0 Å². The van der Waals surface area contributed by atoms with Gasteiger partial charge in [-0.05, 0) is 19.1 Å². The van der Waals surface area contributed by atoms with E-state index in [1.165, 1.54) is 0 Å². The van der Waals surface area contributed by atoms with Gasteiger partial charge in [-0.1, -0.05) is 6.07 Å². The van der Waals surface area contributed by atoms with Crippen molar-refractivity contribution >= 4 is 11.3 Å². The molecule has 0 atom stereocenters. The quantitative estimate of drug-likeness (QED) is 0.508. The van der Waals surface area contributed by atoms with Gasteiger partial charge in [-0.3, -0.25) is 4.79 Å². The summed E-state index contributed by atoms with van der Waals surface area (Å²) < 4.78 is 1.69. The van der Waals surface area contributed by atoms with E-state index < -0.39 is 0 Å². The zero-order chi connectivity index (χ0) is 10.6. The number of pyridine rings is 1. The summed E-state index contributed by atoms with van der Waals surface area (Å²) in [6, 6.07) is 5.65. The number of hydrogen-bond acceptors (Lipinski definition) is 2. The van der Waals surface area contributed by atoms with E-state index in [2.05, 4.69) is 18.3 Å². The molecule has 0 N–H and O–H groups in total. The monoisotopic (exact) mass is 188 g/mol. The summed E-state index contributed by atoms with van der Waals surface area (Å²) in [7, 11) is 0. The Morgan fingerprint density at radius 3 is 2.79 bits per heavy atom. The fourth-order valence-corrected chi connectivity index (χ4v) is 1.21. The lowest BCUT2D eigenvalue weighted by atomic mass is 10.2. The topological polar surface area (TPSA) is 34.4 Å². The van der Waals surface area contributed by atoms with Crippen LogP contribution in [0.2, 0.25) is 0 Å². The summed E-state index contributed by atoms with van der Waals surface area (Å²) in [4.78, 5) is 11.1. The van der Waals surface area contributed by atoms with Crippen LogP contribution in [0.4, 0.5) is 0 Å². The van der Waals surface area contributed by atoms with E-state index >= 15 is 0 Å². The Kier molecular flexibility index (Phi) is 3.18. The van der Waals surface area contributed by atoms with E-state index in [1.807, 2.05) is 24.4 Å². The Bertz CT molecular complexity index is 445. The number of rotatable bonds is 1.